The van der Waals surface area contributed by atoms with Crippen molar-refractivity contribution in [1.82, 2.24) is 14.7 Å². The summed E-state index contributed by atoms with van der Waals surface area (Å²) in [6.45, 7) is 3.67. The minimum Gasteiger partial charge on any atom is -0.480 e. The Morgan fingerprint density at radius 3 is 2.55 bits per heavy atom. The molecule has 1 aromatic heterocycles. The Balaban J connectivity index is 2.27. The summed E-state index contributed by atoms with van der Waals surface area (Å²) in [4.78, 5) is 18.0. The van der Waals surface area contributed by atoms with Crippen LogP contribution in [0.15, 0.2) is 11.2 Å². The van der Waals surface area contributed by atoms with Crippen LogP contribution in [0.4, 0.5) is 0 Å². The second-order valence-corrected chi connectivity index (χ2v) is 7.16. The maximum Gasteiger partial charge on any atom is 0.324 e. The third-order valence-electron chi connectivity index (χ3n) is 3.84. The number of carboxylic acids is 1. The van der Waals surface area contributed by atoms with Gasteiger partial charge in [-0.1, -0.05) is 6.92 Å². The topological polar surface area (TPSA) is 112 Å². The molecule has 3 N–H and O–H groups in total. The molecule has 8 heteroatoms. The number of H-pyrrole nitrogens is 1. The molecule has 2 rings (SSSR count). The van der Waals surface area contributed by atoms with Crippen LogP contribution in [0.25, 0.3) is 0 Å². The molecular weight excluding hydrogens is 282 g/mol. The fourth-order valence-electron chi connectivity index (χ4n) is 2.46. The van der Waals surface area contributed by atoms with Gasteiger partial charge in [0.2, 0.25) is 0 Å². The molecule has 1 aliphatic carbocycles. The highest BCUT2D eigenvalue weighted by Gasteiger charge is 2.44. The number of aliphatic carboxylic acids is 1. The summed E-state index contributed by atoms with van der Waals surface area (Å²) in [5.74, 6) is -0.238. The van der Waals surface area contributed by atoms with E-state index in [4.69, 9.17) is 0 Å². The molecule has 0 amide bonds. The lowest BCUT2D eigenvalue weighted by Crippen LogP contribution is -2.56. The van der Waals surface area contributed by atoms with Crippen molar-refractivity contribution in [2.75, 3.05) is 0 Å². The molecule has 0 atom stereocenters. The van der Waals surface area contributed by atoms with Crippen molar-refractivity contribution < 1.29 is 18.3 Å². The Kier molecular flexibility index (Phi) is 3.88. The molecule has 20 heavy (non-hydrogen) atoms. The number of rotatable bonds is 4. The van der Waals surface area contributed by atoms with Crippen molar-refractivity contribution in [2.24, 2.45) is 5.92 Å². The zero-order valence-electron chi connectivity index (χ0n) is 11.5. The number of nitrogens with one attached hydrogen (secondary N) is 2. The van der Waals surface area contributed by atoms with Crippen molar-refractivity contribution in [2.45, 2.75) is 50.1 Å². The van der Waals surface area contributed by atoms with Crippen molar-refractivity contribution in [3.63, 3.8) is 0 Å². The predicted octanol–water partition coefficient (Wildman–Crippen LogP) is 1.03. The lowest BCUT2D eigenvalue weighted by Gasteiger charge is -2.35. The summed E-state index contributed by atoms with van der Waals surface area (Å²) < 4.78 is 26.9. The van der Waals surface area contributed by atoms with Gasteiger partial charge in [-0.05, 0) is 38.5 Å². The van der Waals surface area contributed by atoms with Gasteiger partial charge in [0.05, 0.1) is 6.20 Å². The average Bonchev–Trinajstić information content (AvgIpc) is 2.79. The molecule has 0 spiro atoms. The first-order chi connectivity index (χ1) is 9.25. The van der Waals surface area contributed by atoms with E-state index in [1.165, 1.54) is 6.20 Å². The van der Waals surface area contributed by atoms with Crippen LogP contribution in [0, 0.1) is 12.8 Å². The molecule has 1 fully saturated rings. The number of aromatic nitrogens is 2. The lowest BCUT2D eigenvalue weighted by atomic mass is 9.78. The number of aryl methyl sites for hydroxylation is 1. The lowest BCUT2D eigenvalue weighted by molar-refractivity contribution is -0.145. The second-order valence-electron chi connectivity index (χ2n) is 5.51. The summed E-state index contributed by atoms with van der Waals surface area (Å²) in [6, 6.07) is 0. The van der Waals surface area contributed by atoms with E-state index >= 15 is 0 Å². The van der Waals surface area contributed by atoms with Crippen LogP contribution in [0.2, 0.25) is 0 Å². The van der Waals surface area contributed by atoms with Crippen molar-refractivity contribution in [3.05, 3.63) is 12.0 Å². The van der Waals surface area contributed by atoms with Crippen LogP contribution < -0.4 is 4.72 Å². The minimum absolute atomic E-state index is 0.103. The van der Waals surface area contributed by atoms with Gasteiger partial charge >= 0.3 is 5.97 Å². The van der Waals surface area contributed by atoms with Gasteiger partial charge in [0.1, 0.15) is 11.4 Å². The monoisotopic (exact) mass is 301 g/mol. The molecule has 1 saturated carbocycles. The zero-order chi connectivity index (χ0) is 15.0. The number of carboxylic acid groups (broad SMARTS) is 1. The van der Waals surface area contributed by atoms with Gasteiger partial charge in [0.25, 0.3) is 10.0 Å². The Morgan fingerprint density at radius 1 is 1.50 bits per heavy atom. The number of sulfonamides is 1. The first kappa shape index (κ1) is 15.0. The molecule has 7 nitrogen and oxygen atoms in total. The summed E-state index contributed by atoms with van der Waals surface area (Å²) >= 11 is 0. The molecule has 1 aromatic rings. The maximum atomic E-state index is 12.3. The van der Waals surface area contributed by atoms with Crippen LogP contribution in [0.5, 0.6) is 0 Å². The van der Waals surface area contributed by atoms with Crippen molar-refractivity contribution >= 4 is 16.0 Å². The highest BCUT2D eigenvalue weighted by Crippen LogP contribution is 2.33. The largest absolute Gasteiger partial charge is 0.480 e. The van der Waals surface area contributed by atoms with Gasteiger partial charge in [-0.15, -0.1) is 0 Å². The molecule has 112 valence electrons. The first-order valence-corrected chi connectivity index (χ1v) is 8.02. The summed E-state index contributed by atoms with van der Waals surface area (Å²) in [5.41, 5.74) is -1.41. The molecular formula is C12H19N3O4S. The van der Waals surface area contributed by atoms with Crippen molar-refractivity contribution in [3.8, 4) is 0 Å². The first-order valence-electron chi connectivity index (χ1n) is 6.54. The van der Waals surface area contributed by atoms with E-state index in [2.05, 4.69) is 14.7 Å². The highest BCUT2D eigenvalue weighted by molar-refractivity contribution is 7.89. The Bertz CT molecular complexity index is 600. The fraction of sp³-hybridized carbons (Fsp3) is 0.667. The van der Waals surface area contributed by atoms with E-state index in [9.17, 15) is 18.3 Å². The quantitative estimate of drug-likeness (QED) is 0.769. The zero-order valence-corrected chi connectivity index (χ0v) is 12.3. The van der Waals surface area contributed by atoms with E-state index in [1.54, 1.807) is 6.92 Å². The van der Waals surface area contributed by atoms with E-state index < -0.39 is 21.5 Å². The number of nitrogens with zero attached hydrogens (tertiary/aromatic N) is 1. The minimum atomic E-state index is -3.91. The smallest absolute Gasteiger partial charge is 0.324 e. The SMILES string of the molecule is Cc1ncc(S(=O)(=O)NC2(C(=O)O)CCC(C)CC2)[nH]1. The van der Waals surface area contributed by atoms with Crippen LogP contribution in [-0.2, 0) is 14.8 Å². The van der Waals surface area contributed by atoms with Gasteiger partial charge in [-0.25, -0.2) is 13.4 Å². The Labute approximate surface area is 117 Å². The highest BCUT2D eigenvalue weighted by atomic mass is 32.2. The molecule has 0 aliphatic heterocycles. The Hall–Kier alpha value is -1.41. The number of hydrogen-bond acceptors (Lipinski definition) is 4. The van der Waals surface area contributed by atoms with Crippen molar-refractivity contribution in [1.29, 1.82) is 0 Å². The summed E-state index contributed by atoms with van der Waals surface area (Å²) in [7, 11) is -3.91. The standard InChI is InChI=1S/C12H19N3O4S/c1-8-3-5-12(6-4-8,11(16)17)15-20(18,19)10-7-13-9(2)14-10/h7-8,15H,3-6H2,1-2H3,(H,13,14)(H,16,17). The summed E-state index contributed by atoms with van der Waals surface area (Å²) in [5, 5.41) is 9.34. The summed E-state index contributed by atoms with van der Waals surface area (Å²) in [6.07, 6.45) is 3.18. The van der Waals surface area contributed by atoms with E-state index in [0.29, 0.717) is 37.4 Å². The van der Waals surface area contributed by atoms with Crippen LogP contribution >= 0.6 is 0 Å². The van der Waals surface area contributed by atoms with E-state index in [1.807, 2.05) is 6.92 Å². The number of carbonyl (C=O) groups is 1. The molecule has 0 saturated heterocycles. The average molecular weight is 301 g/mol. The van der Waals surface area contributed by atoms with E-state index in [0.717, 1.165) is 0 Å². The van der Waals surface area contributed by atoms with Gasteiger partial charge in [0, 0.05) is 0 Å². The number of imidazole rings is 1. The molecule has 0 unspecified atom stereocenters. The number of hydrogen-bond donors (Lipinski definition) is 3. The molecule has 0 bridgehead atoms. The van der Waals surface area contributed by atoms with Crippen LogP contribution in [0.1, 0.15) is 38.4 Å². The van der Waals surface area contributed by atoms with Gasteiger partial charge in [-0.2, -0.15) is 4.72 Å². The van der Waals surface area contributed by atoms with Crippen LogP contribution in [0.3, 0.4) is 0 Å². The van der Waals surface area contributed by atoms with Gasteiger partial charge < -0.3 is 10.1 Å². The number of aromatic amines is 1. The third kappa shape index (κ3) is 2.85. The molecule has 1 aliphatic rings. The molecule has 0 radical (unpaired) electrons. The fourth-order valence-corrected chi connectivity index (χ4v) is 3.85. The molecule has 0 aromatic carbocycles. The van der Waals surface area contributed by atoms with Crippen LogP contribution in [-0.4, -0.2) is 35.0 Å². The molecule has 1 heterocycles. The maximum absolute atomic E-state index is 12.3. The Morgan fingerprint density at radius 2 is 2.10 bits per heavy atom. The second kappa shape index (κ2) is 5.17. The predicted molar refractivity (Wildman–Crippen MR) is 71.6 cm³/mol. The third-order valence-corrected chi connectivity index (χ3v) is 5.28. The van der Waals surface area contributed by atoms with Gasteiger partial charge in [0.15, 0.2) is 5.03 Å². The normalized spacial score (nSPS) is 27.4. The van der Waals surface area contributed by atoms with E-state index in [-0.39, 0.29) is 5.03 Å². The van der Waals surface area contributed by atoms with Gasteiger partial charge in [-0.3, -0.25) is 4.79 Å².